The van der Waals surface area contributed by atoms with Crippen LogP contribution in [0.15, 0.2) is 33.9 Å². The van der Waals surface area contributed by atoms with Gasteiger partial charge in [-0.3, -0.25) is 4.79 Å². The zero-order chi connectivity index (χ0) is 23.2. The molecule has 0 atom stereocenters. The molecular formula is C23H28N4O3S3. The summed E-state index contributed by atoms with van der Waals surface area (Å²) in [6.07, 6.45) is 1.17. The zero-order valence-electron chi connectivity index (χ0n) is 18.9. The molecule has 2 aliphatic heterocycles. The molecule has 2 aromatic heterocycles. The Morgan fingerprint density at radius 2 is 1.79 bits per heavy atom. The van der Waals surface area contributed by atoms with E-state index in [2.05, 4.69) is 30.9 Å². The van der Waals surface area contributed by atoms with Crippen molar-refractivity contribution in [2.45, 2.75) is 30.9 Å². The van der Waals surface area contributed by atoms with Crippen LogP contribution in [0.1, 0.15) is 24.0 Å². The van der Waals surface area contributed by atoms with Gasteiger partial charge < -0.3 is 9.80 Å². The second-order valence-corrected chi connectivity index (χ2v) is 13.0. The Bertz CT molecular complexity index is 1250. The van der Waals surface area contributed by atoms with Crippen molar-refractivity contribution in [1.82, 2.24) is 14.2 Å². The summed E-state index contributed by atoms with van der Waals surface area (Å²) in [4.78, 5) is 22.2. The number of rotatable bonds is 4. The van der Waals surface area contributed by atoms with Crippen molar-refractivity contribution in [3.8, 4) is 0 Å². The molecule has 0 spiro atoms. The minimum absolute atomic E-state index is 0.0978. The summed E-state index contributed by atoms with van der Waals surface area (Å²) in [5, 5.41) is 2.80. The van der Waals surface area contributed by atoms with E-state index < -0.39 is 10.0 Å². The van der Waals surface area contributed by atoms with Gasteiger partial charge in [-0.15, -0.1) is 11.3 Å². The number of amides is 1. The number of carbonyl (C=O) groups excluding carboxylic acids is 1. The molecule has 10 heteroatoms. The Balaban J connectivity index is 1.17. The lowest BCUT2D eigenvalue weighted by Crippen LogP contribution is -2.52. The third-order valence-electron chi connectivity index (χ3n) is 6.57. The largest absolute Gasteiger partial charge is 0.345 e. The average Bonchev–Trinajstić information content (AvgIpc) is 3.50. The predicted molar refractivity (Wildman–Crippen MR) is 134 cm³/mol. The lowest BCUT2D eigenvalue weighted by atomic mass is 9.96. The maximum atomic E-state index is 13.1. The number of benzene rings is 1. The number of nitrogens with zero attached hydrogens (tertiary/aromatic N) is 4. The molecule has 0 N–H and O–H groups in total. The molecule has 176 valence electrons. The fraction of sp³-hybridized carbons (Fsp3) is 0.478. The first-order valence-corrected chi connectivity index (χ1v) is 14.4. The molecule has 4 heterocycles. The van der Waals surface area contributed by atoms with Crippen molar-refractivity contribution in [1.29, 1.82) is 0 Å². The molecule has 2 fully saturated rings. The number of thiazole rings is 1. The fourth-order valence-electron chi connectivity index (χ4n) is 4.75. The Hall–Kier alpha value is -2.01. The SMILES string of the molecule is Cc1cc(C)c2nc(N3CCN(C(=O)C4CCN(S(=O)(=O)c5cccs5)CC4)CC3)sc2c1. The molecule has 0 aliphatic carbocycles. The molecule has 2 saturated heterocycles. The fourth-order valence-corrected chi connectivity index (χ4v) is 8.56. The van der Waals surface area contributed by atoms with E-state index in [4.69, 9.17) is 4.98 Å². The second kappa shape index (κ2) is 8.98. The van der Waals surface area contributed by atoms with Crippen LogP contribution in [0.2, 0.25) is 0 Å². The van der Waals surface area contributed by atoms with Crippen molar-refractivity contribution in [2.24, 2.45) is 5.92 Å². The first-order valence-electron chi connectivity index (χ1n) is 11.3. The van der Waals surface area contributed by atoms with Crippen molar-refractivity contribution < 1.29 is 13.2 Å². The molecule has 0 unspecified atom stereocenters. The van der Waals surface area contributed by atoms with Gasteiger partial charge in [0.05, 0.1) is 10.2 Å². The molecule has 0 saturated carbocycles. The van der Waals surface area contributed by atoms with Crippen LogP contribution >= 0.6 is 22.7 Å². The van der Waals surface area contributed by atoms with Gasteiger partial charge in [0.25, 0.3) is 10.0 Å². The van der Waals surface area contributed by atoms with Crippen LogP contribution in [0.3, 0.4) is 0 Å². The number of fused-ring (bicyclic) bond motifs is 1. The molecule has 3 aromatic rings. The molecule has 0 bridgehead atoms. The van der Waals surface area contributed by atoms with Crippen LogP contribution in [0.5, 0.6) is 0 Å². The first kappa shape index (κ1) is 22.8. The van der Waals surface area contributed by atoms with E-state index in [-0.39, 0.29) is 11.8 Å². The summed E-state index contributed by atoms with van der Waals surface area (Å²) in [6, 6.07) is 7.75. The van der Waals surface area contributed by atoms with Crippen LogP contribution in [0.4, 0.5) is 5.13 Å². The molecule has 0 radical (unpaired) electrons. The third kappa shape index (κ3) is 4.41. The Kier molecular flexibility index (Phi) is 6.19. The molecular weight excluding hydrogens is 476 g/mol. The van der Waals surface area contributed by atoms with Crippen LogP contribution in [-0.4, -0.2) is 67.8 Å². The van der Waals surface area contributed by atoms with E-state index in [9.17, 15) is 13.2 Å². The van der Waals surface area contributed by atoms with Gasteiger partial charge in [0, 0.05) is 45.2 Å². The lowest BCUT2D eigenvalue weighted by molar-refractivity contribution is -0.137. The van der Waals surface area contributed by atoms with Crippen LogP contribution in [0, 0.1) is 19.8 Å². The maximum absolute atomic E-state index is 13.1. The van der Waals surface area contributed by atoms with E-state index in [0.29, 0.717) is 43.2 Å². The number of sulfonamides is 1. The predicted octanol–water partition coefficient (Wildman–Crippen LogP) is 3.72. The van der Waals surface area contributed by atoms with Crippen molar-refractivity contribution in [3.05, 3.63) is 40.8 Å². The Morgan fingerprint density at radius 3 is 2.45 bits per heavy atom. The van der Waals surface area contributed by atoms with E-state index in [0.717, 1.165) is 23.7 Å². The molecule has 1 amide bonds. The van der Waals surface area contributed by atoms with Gasteiger partial charge in [0.15, 0.2) is 5.13 Å². The highest BCUT2D eigenvalue weighted by Crippen LogP contribution is 2.33. The van der Waals surface area contributed by atoms with Crippen molar-refractivity contribution in [2.75, 3.05) is 44.2 Å². The number of hydrogen-bond acceptors (Lipinski definition) is 7. The average molecular weight is 505 g/mol. The van der Waals surface area contributed by atoms with E-state index in [1.54, 1.807) is 28.8 Å². The number of aryl methyl sites for hydroxylation is 2. The standard InChI is InChI=1S/C23H28N4O3S3/c1-16-14-17(2)21-19(15-16)32-23(24-21)26-11-9-25(10-12-26)22(28)18-5-7-27(8-6-18)33(29,30)20-4-3-13-31-20/h3-4,13-15,18H,5-12H2,1-2H3. The van der Waals surface area contributed by atoms with Crippen LogP contribution < -0.4 is 4.90 Å². The molecule has 5 rings (SSSR count). The number of thiophene rings is 1. The molecule has 1 aromatic carbocycles. The first-order chi connectivity index (χ1) is 15.8. The summed E-state index contributed by atoms with van der Waals surface area (Å²) in [7, 11) is -3.43. The van der Waals surface area contributed by atoms with Gasteiger partial charge in [-0.2, -0.15) is 4.31 Å². The summed E-state index contributed by atoms with van der Waals surface area (Å²) in [5.41, 5.74) is 3.52. The third-order valence-corrected chi connectivity index (χ3v) is 10.9. The van der Waals surface area contributed by atoms with Gasteiger partial charge in [-0.25, -0.2) is 13.4 Å². The highest BCUT2D eigenvalue weighted by atomic mass is 32.2. The van der Waals surface area contributed by atoms with Crippen LogP contribution in [0.25, 0.3) is 10.2 Å². The van der Waals surface area contributed by atoms with Crippen molar-refractivity contribution in [3.63, 3.8) is 0 Å². The Morgan fingerprint density at radius 1 is 1.06 bits per heavy atom. The van der Waals surface area contributed by atoms with Gasteiger partial charge in [0.2, 0.25) is 5.91 Å². The minimum atomic E-state index is -3.43. The van der Waals surface area contributed by atoms with Crippen LogP contribution in [-0.2, 0) is 14.8 Å². The molecule has 2 aliphatic rings. The van der Waals surface area contributed by atoms with E-state index >= 15 is 0 Å². The Labute approximate surface area is 202 Å². The van der Waals surface area contributed by atoms with Crippen molar-refractivity contribution >= 4 is 54.0 Å². The quantitative estimate of drug-likeness (QED) is 0.541. The highest BCUT2D eigenvalue weighted by Gasteiger charge is 2.35. The number of aromatic nitrogens is 1. The number of anilines is 1. The number of carbonyl (C=O) groups is 1. The topological polar surface area (TPSA) is 73.8 Å². The smallest absolute Gasteiger partial charge is 0.252 e. The molecule has 7 nitrogen and oxygen atoms in total. The summed E-state index contributed by atoms with van der Waals surface area (Å²) in [5.74, 6) is 0.0676. The summed E-state index contributed by atoms with van der Waals surface area (Å²) in [6.45, 7) is 7.93. The number of piperidine rings is 1. The van der Waals surface area contributed by atoms with E-state index in [1.807, 2.05) is 4.90 Å². The highest BCUT2D eigenvalue weighted by molar-refractivity contribution is 7.91. The maximum Gasteiger partial charge on any atom is 0.252 e. The summed E-state index contributed by atoms with van der Waals surface area (Å²) >= 11 is 2.96. The van der Waals surface area contributed by atoms with E-state index in [1.165, 1.54) is 31.5 Å². The second-order valence-electron chi connectivity index (χ2n) is 8.85. The molecule has 33 heavy (non-hydrogen) atoms. The summed E-state index contributed by atoms with van der Waals surface area (Å²) < 4.78 is 28.6. The van der Waals surface area contributed by atoms with Gasteiger partial charge in [0.1, 0.15) is 4.21 Å². The number of piperazine rings is 1. The van der Waals surface area contributed by atoms with Gasteiger partial charge in [-0.05, 0) is 55.3 Å². The lowest BCUT2D eigenvalue weighted by Gasteiger charge is -2.38. The number of hydrogen-bond donors (Lipinski definition) is 0. The monoisotopic (exact) mass is 504 g/mol. The van der Waals surface area contributed by atoms with Gasteiger partial charge in [-0.1, -0.05) is 23.5 Å². The van der Waals surface area contributed by atoms with Gasteiger partial charge >= 0.3 is 0 Å². The normalized spacial score (nSPS) is 18.8. The zero-order valence-corrected chi connectivity index (χ0v) is 21.3. The minimum Gasteiger partial charge on any atom is -0.345 e.